The zero-order valence-electron chi connectivity index (χ0n) is 19.1. The average Bonchev–Trinajstić information content (AvgIpc) is 3.12. The summed E-state index contributed by atoms with van der Waals surface area (Å²) in [5.41, 5.74) is 1.88. The molecule has 0 radical (unpaired) electrons. The Hall–Kier alpha value is -3.48. The van der Waals surface area contributed by atoms with Crippen molar-refractivity contribution in [1.82, 2.24) is 4.90 Å². The van der Waals surface area contributed by atoms with Crippen molar-refractivity contribution >= 4 is 40.7 Å². The topological polar surface area (TPSA) is 76.1 Å². The van der Waals surface area contributed by atoms with E-state index < -0.39 is 17.7 Å². The van der Waals surface area contributed by atoms with E-state index in [-0.39, 0.29) is 39.2 Å². The number of carbonyl (C=O) groups excluding carboxylic acids is 2. The average molecular weight is 512 g/mol. The van der Waals surface area contributed by atoms with Gasteiger partial charge in [-0.05, 0) is 41.8 Å². The van der Waals surface area contributed by atoms with Crippen molar-refractivity contribution in [2.75, 3.05) is 20.8 Å². The number of halogens is 2. The van der Waals surface area contributed by atoms with E-state index in [1.165, 1.54) is 24.1 Å². The first-order valence-corrected chi connectivity index (χ1v) is 11.6. The molecule has 0 spiro atoms. The second-order valence-electron chi connectivity index (χ2n) is 7.97. The molecular formula is C27H23Cl2NO5. The Kier molecular flexibility index (Phi) is 7.34. The normalized spacial score (nSPS) is 17.0. The molecule has 0 saturated carbocycles. The van der Waals surface area contributed by atoms with Gasteiger partial charge in [0.1, 0.15) is 11.5 Å². The van der Waals surface area contributed by atoms with Crippen LogP contribution in [0, 0.1) is 0 Å². The third-order valence-electron chi connectivity index (χ3n) is 5.93. The monoisotopic (exact) mass is 511 g/mol. The van der Waals surface area contributed by atoms with Crippen LogP contribution in [0.5, 0.6) is 11.5 Å². The number of ether oxygens (including phenoxy) is 2. The van der Waals surface area contributed by atoms with Crippen molar-refractivity contribution < 1.29 is 24.2 Å². The number of nitrogens with zero attached hydrogens (tertiary/aromatic N) is 1. The van der Waals surface area contributed by atoms with Gasteiger partial charge in [0.25, 0.3) is 11.7 Å². The molecule has 35 heavy (non-hydrogen) atoms. The highest BCUT2D eigenvalue weighted by Gasteiger charge is 2.45. The van der Waals surface area contributed by atoms with Crippen molar-refractivity contribution in [3.05, 3.63) is 99.0 Å². The van der Waals surface area contributed by atoms with Crippen LogP contribution in [0.3, 0.4) is 0 Å². The number of methoxy groups -OCH3 is 2. The number of Topliss-reactive ketones (excluding diaryl/α,β-unsaturated/α-hetero) is 1. The predicted molar refractivity (Wildman–Crippen MR) is 135 cm³/mol. The SMILES string of the molecule is COc1ccc(CCN2C(=O)C(=O)/C(=C(/O)c3cc(Cl)c(OC)c(Cl)c3)C2c2ccccc2)cc1. The third kappa shape index (κ3) is 4.85. The number of aliphatic hydroxyl groups excluding tert-OH is 1. The zero-order valence-corrected chi connectivity index (χ0v) is 20.6. The quantitative estimate of drug-likeness (QED) is 0.251. The van der Waals surface area contributed by atoms with Crippen LogP contribution < -0.4 is 9.47 Å². The molecule has 1 unspecified atom stereocenters. The lowest BCUT2D eigenvalue weighted by Gasteiger charge is -2.25. The third-order valence-corrected chi connectivity index (χ3v) is 6.49. The zero-order chi connectivity index (χ0) is 25.1. The molecule has 1 aliphatic heterocycles. The van der Waals surface area contributed by atoms with Crippen molar-refractivity contribution in [2.24, 2.45) is 0 Å². The Morgan fingerprint density at radius 1 is 0.943 bits per heavy atom. The Bertz CT molecular complexity index is 1270. The fraction of sp³-hybridized carbons (Fsp3) is 0.185. The minimum atomic E-state index is -0.769. The molecule has 1 aliphatic rings. The van der Waals surface area contributed by atoms with Gasteiger partial charge in [-0.3, -0.25) is 9.59 Å². The Morgan fingerprint density at radius 2 is 1.57 bits per heavy atom. The van der Waals surface area contributed by atoms with Gasteiger partial charge in [-0.15, -0.1) is 0 Å². The van der Waals surface area contributed by atoms with Crippen LogP contribution in [0.1, 0.15) is 22.7 Å². The molecule has 0 aliphatic carbocycles. The van der Waals surface area contributed by atoms with Crippen LogP contribution in [0.2, 0.25) is 10.0 Å². The van der Waals surface area contributed by atoms with Gasteiger partial charge in [0, 0.05) is 12.1 Å². The fourth-order valence-corrected chi connectivity index (χ4v) is 4.82. The van der Waals surface area contributed by atoms with E-state index in [0.717, 1.165) is 11.3 Å². The van der Waals surface area contributed by atoms with E-state index in [9.17, 15) is 14.7 Å². The Balaban J connectivity index is 1.76. The van der Waals surface area contributed by atoms with E-state index in [4.69, 9.17) is 32.7 Å². The first-order valence-electron chi connectivity index (χ1n) is 10.9. The van der Waals surface area contributed by atoms with Crippen LogP contribution in [0.15, 0.2) is 72.3 Å². The largest absolute Gasteiger partial charge is 0.507 e. The molecule has 0 aromatic heterocycles. The summed E-state index contributed by atoms with van der Waals surface area (Å²) in [5.74, 6) is -0.816. The molecule has 1 fully saturated rings. The van der Waals surface area contributed by atoms with Gasteiger partial charge in [-0.25, -0.2) is 0 Å². The first-order chi connectivity index (χ1) is 16.8. The molecule has 1 atom stereocenters. The van der Waals surface area contributed by atoms with Crippen molar-refractivity contribution in [2.45, 2.75) is 12.5 Å². The van der Waals surface area contributed by atoms with E-state index in [0.29, 0.717) is 12.0 Å². The predicted octanol–water partition coefficient (Wildman–Crippen LogP) is 5.68. The summed E-state index contributed by atoms with van der Waals surface area (Å²) >= 11 is 12.5. The van der Waals surface area contributed by atoms with Gasteiger partial charge in [-0.2, -0.15) is 0 Å². The van der Waals surface area contributed by atoms with Gasteiger partial charge in [0.05, 0.1) is 35.9 Å². The standard InChI is InChI=1S/C27H23Cl2NO5/c1-34-19-10-8-16(9-11-19)12-13-30-23(17-6-4-3-5-7-17)22(25(32)27(30)33)24(31)18-14-20(28)26(35-2)21(29)15-18/h3-11,14-15,23,31H,12-13H2,1-2H3/b24-22+. The van der Waals surface area contributed by atoms with E-state index in [1.54, 1.807) is 7.11 Å². The molecule has 1 N–H and O–H groups in total. The maximum Gasteiger partial charge on any atom is 0.295 e. The lowest BCUT2D eigenvalue weighted by molar-refractivity contribution is -0.139. The number of rotatable bonds is 7. The van der Waals surface area contributed by atoms with Gasteiger partial charge >= 0.3 is 0 Å². The van der Waals surface area contributed by atoms with E-state index in [2.05, 4.69) is 0 Å². The molecule has 4 rings (SSSR count). The summed E-state index contributed by atoms with van der Waals surface area (Å²) in [5, 5.41) is 11.6. The van der Waals surface area contributed by atoms with Crippen molar-refractivity contribution in [3.8, 4) is 11.5 Å². The molecule has 3 aromatic carbocycles. The summed E-state index contributed by atoms with van der Waals surface area (Å²) in [6, 6.07) is 18.8. The van der Waals surface area contributed by atoms with Crippen molar-refractivity contribution in [1.29, 1.82) is 0 Å². The summed E-state index contributed by atoms with van der Waals surface area (Å²) in [4.78, 5) is 27.8. The molecular weight excluding hydrogens is 489 g/mol. The van der Waals surface area contributed by atoms with Crippen LogP contribution in [-0.2, 0) is 16.0 Å². The molecule has 8 heteroatoms. The molecule has 6 nitrogen and oxygen atoms in total. The van der Waals surface area contributed by atoms with Gasteiger partial charge in [0.15, 0.2) is 5.75 Å². The van der Waals surface area contributed by atoms with Gasteiger partial charge in [0.2, 0.25) is 0 Å². The molecule has 180 valence electrons. The Morgan fingerprint density at radius 3 is 2.14 bits per heavy atom. The maximum atomic E-state index is 13.2. The van der Waals surface area contributed by atoms with Crippen molar-refractivity contribution in [3.63, 3.8) is 0 Å². The van der Waals surface area contributed by atoms with Gasteiger partial charge in [-0.1, -0.05) is 65.7 Å². The number of hydrogen-bond acceptors (Lipinski definition) is 5. The number of ketones is 1. The molecule has 1 amide bonds. The number of hydrogen-bond donors (Lipinski definition) is 1. The van der Waals surface area contributed by atoms with Crippen LogP contribution in [0.25, 0.3) is 5.76 Å². The first kappa shape index (κ1) is 24.6. The summed E-state index contributed by atoms with van der Waals surface area (Å²) in [6.07, 6.45) is 0.514. The lowest BCUT2D eigenvalue weighted by atomic mass is 9.95. The molecule has 1 heterocycles. The highest BCUT2D eigenvalue weighted by Crippen LogP contribution is 2.42. The smallest absolute Gasteiger partial charge is 0.295 e. The Labute approximate surface area is 213 Å². The molecule has 0 bridgehead atoms. The number of likely N-dealkylation sites (tertiary alicyclic amines) is 1. The van der Waals surface area contributed by atoms with Crippen LogP contribution in [0.4, 0.5) is 0 Å². The number of aliphatic hydroxyl groups is 1. The minimum Gasteiger partial charge on any atom is -0.507 e. The van der Waals surface area contributed by atoms with Crippen LogP contribution >= 0.6 is 23.2 Å². The minimum absolute atomic E-state index is 0.0202. The van der Waals surface area contributed by atoms with Crippen LogP contribution in [-0.4, -0.2) is 42.5 Å². The number of carbonyl (C=O) groups is 2. The fourth-order valence-electron chi connectivity index (χ4n) is 4.18. The molecule has 1 saturated heterocycles. The summed E-state index contributed by atoms with van der Waals surface area (Å²) in [7, 11) is 3.02. The second-order valence-corrected chi connectivity index (χ2v) is 8.79. The second kappa shape index (κ2) is 10.4. The summed E-state index contributed by atoms with van der Waals surface area (Å²) < 4.78 is 10.4. The number of amides is 1. The highest BCUT2D eigenvalue weighted by molar-refractivity contribution is 6.46. The van der Waals surface area contributed by atoms with E-state index in [1.807, 2.05) is 54.6 Å². The lowest BCUT2D eigenvalue weighted by Crippen LogP contribution is -2.31. The number of benzene rings is 3. The van der Waals surface area contributed by atoms with Gasteiger partial charge < -0.3 is 19.5 Å². The highest BCUT2D eigenvalue weighted by atomic mass is 35.5. The molecule has 3 aromatic rings. The summed E-state index contributed by atoms with van der Waals surface area (Å²) in [6.45, 7) is 0.275. The van der Waals surface area contributed by atoms with E-state index >= 15 is 0 Å². The maximum absolute atomic E-state index is 13.2.